The van der Waals surface area contributed by atoms with Crippen molar-refractivity contribution in [1.29, 1.82) is 0 Å². The number of carbonyl (C=O) groups excluding carboxylic acids is 1. The Bertz CT molecular complexity index is 269. The van der Waals surface area contributed by atoms with E-state index in [1.54, 1.807) is 6.26 Å². The first-order valence-corrected chi connectivity index (χ1v) is 5.21. The van der Waals surface area contributed by atoms with Crippen molar-refractivity contribution in [3.8, 4) is 0 Å². The number of furan rings is 1. The predicted molar refractivity (Wildman–Crippen MR) is 56.5 cm³/mol. The lowest BCUT2D eigenvalue weighted by atomic mass is 10.3. The molecule has 0 aliphatic rings. The quantitative estimate of drug-likeness (QED) is 0.546. The van der Waals surface area contributed by atoms with E-state index in [1.807, 2.05) is 19.1 Å². The second-order valence-electron chi connectivity index (χ2n) is 3.13. The lowest BCUT2D eigenvalue weighted by Crippen LogP contribution is -2.21. The van der Waals surface area contributed by atoms with E-state index in [1.165, 1.54) is 0 Å². The summed E-state index contributed by atoms with van der Waals surface area (Å²) in [7, 11) is 0. The molecule has 0 aromatic carbocycles. The summed E-state index contributed by atoms with van der Waals surface area (Å²) in [6.45, 7) is 3.72. The Kier molecular flexibility index (Phi) is 5.55. The third-order valence-electron chi connectivity index (χ3n) is 1.94. The molecule has 1 heterocycles. The smallest absolute Gasteiger partial charge is 0.307 e. The Morgan fingerprint density at radius 1 is 1.53 bits per heavy atom. The Hall–Kier alpha value is -1.29. The molecule has 0 spiro atoms. The van der Waals surface area contributed by atoms with Crippen LogP contribution in [0.1, 0.15) is 19.1 Å². The molecule has 0 atom stereocenters. The van der Waals surface area contributed by atoms with Crippen LogP contribution in [0.5, 0.6) is 0 Å². The van der Waals surface area contributed by atoms with Gasteiger partial charge in [0.25, 0.3) is 0 Å². The van der Waals surface area contributed by atoms with Crippen LogP contribution in [-0.4, -0.2) is 25.7 Å². The van der Waals surface area contributed by atoms with Gasteiger partial charge in [-0.3, -0.25) is 4.79 Å². The van der Waals surface area contributed by atoms with Crippen LogP contribution in [-0.2, 0) is 16.0 Å². The third kappa shape index (κ3) is 5.22. The van der Waals surface area contributed by atoms with E-state index >= 15 is 0 Å². The molecule has 4 heteroatoms. The summed E-state index contributed by atoms with van der Waals surface area (Å²) in [5, 5.41) is 3.15. The molecule has 84 valence electrons. The van der Waals surface area contributed by atoms with Crippen LogP contribution in [0, 0.1) is 0 Å². The third-order valence-corrected chi connectivity index (χ3v) is 1.94. The Labute approximate surface area is 89.6 Å². The van der Waals surface area contributed by atoms with E-state index in [2.05, 4.69) is 5.32 Å². The van der Waals surface area contributed by atoms with Crippen molar-refractivity contribution in [1.82, 2.24) is 5.32 Å². The second kappa shape index (κ2) is 7.06. The van der Waals surface area contributed by atoms with Crippen LogP contribution in [0.3, 0.4) is 0 Å². The van der Waals surface area contributed by atoms with E-state index in [0.717, 1.165) is 18.7 Å². The fraction of sp³-hybridized carbons (Fsp3) is 0.545. The molecule has 0 saturated heterocycles. The SMILES string of the molecule is CCOC(=O)CCNCCc1ccco1. The highest BCUT2D eigenvalue weighted by atomic mass is 16.5. The number of nitrogens with one attached hydrogen (secondary N) is 1. The zero-order valence-corrected chi connectivity index (χ0v) is 8.99. The number of hydrogen-bond donors (Lipinski definition) is 1. The average molecular weight is 211 g/mol. The lowest BCUT2D eigenvalue weighted by molar-refractivity contribution is -0.142. The molecule has 1 rings (SSSR count). The van der Waals surface area contributed by atoms with Gasteiger partial charge in [-0.05, 0) is 19.1 Å². The molecule has 0 bridgehead atoms. The molecule has 0 radical (unpaired) electrons. The Balaban J connectivity index is 1.95. The van der Waals surface area contributed by atoms with E-state index in [4.69, 9.17) is 9.15 Å². The highest BCUT2D eigenvalue weighted by Crippen LogP contribution is 1.99. The van der Waals surface area contributed by atoms with Crippen molar-refractivity contribution in [2.75, 3.05) is 19.7 Å². The molecule has 0 amide bonds. The molecule has 0 saturated carbocycles. The van der Waals surface area contributed by atoms with Gasteiger partial charge in [0.05, 0.1) is 19.3 Å². The van der Waals surface area contributed by atoms with Gasteiger partial charge in [0, 0.05) is 19.5 Å². The van der Waals surface area contributed by atoms with Crippen molar-refractivity contribution < 1.29 is 13.9 Å². The first-order valence-electron chi connectivity index (χ1n) is 5.21. The van der Waals surface area contributed by atoms with Crippen molar-refractivity contribution in [3.63, 3.8) is 0 Å². The monoisotopic (exact) mass is 211 g/mol. The van der Waals surface area contributed by atoms with Gasteiger partial charge >= 0.3 is 5.97 Å². The first-order chi connectivity index (χ1) is 7.33. The van der Waals surface area contributed by atoms with Crippen molar-refractivity contribution in [2.45, 2.75) is 19.8 Å². The molecule has 1 aromatic rings. The van der Waals surface area contributed by atoms with Crippen LogP contribution in [0.25, 0.3) is 0 Å². The summed E-state index contributed by atoms with van der Waals surface area (Å²) in [5.41, 5.74) is 0. The van der Waals surface area contributed by atoms with E-state index in [-0.39, 0.29) is 5.97 Å². The molecule has 1 aromatic heterocycles. The fourth-order valence-electron chi connectivity index (χ4n) is 1.22. The molecular formula is C11H17NO3. The molecule has 0 unspecified atom stereocenters. The van der Waals surface area contributed by atoms with Crippen molar-refractivity contribution in [3.05, 3.63) is 24.2 Å². The summed E-state index contributed by atoms with van der Waals surface area (Å²) >= 11 is 0. The number of ether oxygens (including phenoxy) is 1. The number of carbonyl (C=O) groups is 1. The van der Waals surface area contributed by atoms with Gasteiger partial charge in [-0.15, -0.1) is 0 Å². The molecular weight excluding hydrogens is 194 g/mol. The minimum atomic E-state index is -0.150. The van der Waals surface area contributed by atoms with Gasteiger partial charge in [-0.25, -0.2) is 0 Å². The highest BCUT2D eigenvalue weighted by molar-refractivity contribution is 5.69. The summed E-state index contributed by atoms with van der Waals surface area (Å²) < 4.78 is 9.96. The number of esters is 1. The van der Waals surface area contributed by atoms with Gasteiger partial charge < -0.3 is 14.5 Å². The topological polar surface area (TPSA) is 51.5 Å². The normalized spacial score (nSPS) is 10.2. The zero-order valence-electron chi connectivity index (χ0n) is 8.99. The van der Waals surface area contributed by atoms with Gasteiger partial charge in [0.1, 0.15) is 5.76 Å². The maximum Gasteiger partial charge on any atom is 0.307 e. The van der Waals surface area contributed by atoms with Crippen LogP contribution in [0.4, 0.5) is 0 Å². The summed E-state index contributed by atoms with van der Waals surface area (Å²) in [6.07, 6.45) is 2.93. The molecule has 0 aliphatic carbocycles. The first kappa shape index (κ1) is 11.8. The van der Waals surface area contributed by atoms with E-state index in [9.17, 15) is 4.79 Å². The zero-order chi connectivity index (χ0) is 10.9. The maximum absolute atomic E-state index is 11.0. The Morgan fingerprint density at radius 2 is 2.40 bits per heavy atom. The molecule has 0 fully saturated rings. The van der Waals surface area contributed by atoms with Crippen LogP contribution < -0.4 is 5.32 Å². The Morgan fingerprint density at radius 3 is 3.07 bits per heavy atom. The molecule has 15 heavy (non-hydrogen) atoms. The van der Waals surface area contributed by atoms with Crippen molar-refractivity contribution >= 4 is 5.97 Å². The van der Waals surface area contributed by atoms with Crippen LogP contribution >= 0.6 is 0 Å². The van der Waals surface area contributed by atoms with Crippen molar-refractivity contribution in [2.24, 2.45) is 0 Å². The second-order valence-corrected chi connectivity index (χ2v) is 3.13. The fourth-order valence-corrected chi connectivity index (χ4v) is 1.22. The number of hydrogen-bond acceptors (Lipinski definition) is 4. The minimum absolute atomic E-state index is 0.150. The largest absolute Gasteiger partial charge is 0.469 e. The molecule has 0 aliphatic heterocycles. The average Bonchev–Trinajstić information content (AvgIpc) is 2.70. The van der Waals surface area contributed by atoms with E-state index < -0.39 is 0 Å². The van der Waals surface area contributed by atoms with Gasteiger partial charge in [-0.2, -0.15) is 0 Å². The maximum atomic E-state index is 11.0. The summed E-state index contributed by atoms with van der Waals surface area (Å²) in [6, 6.07) is 3.81. The molecule has 4 nitrogen and oxygen atoms in total. The van der Waals surface area contributed by atoms with Gasteiger partial charge in [-0.1, -0.05) is 0 Å². The van der Waals surface area contributed by atoms with Crippen LogP contribution in [0.15, 0.2) is 22.8 Å². The summed E-state index contributed by atoms with van der Waals surface area (Å²) in [5.74, 6) is 0.807. The predicted octanol–water partition coefficient (Wildman–Crippen LogP) is 1.36. The highest BCUT2D eigenvalue weighted by Gasteiger charge is 2.00. The summed E-state index contributed by atoms with van der Waals surface area (Å²) in [4.78, 5) is 11.0. The van der Waals surface area contributed by atoms with Gasteiger partial charge in [0.15, 0.2) is 0 Å². The lowest BCUT2D eigenvalue weighted by Gasteiger charge is -2.03. The molecule has 1 N–H and O–H groups in total. The minimum Gasteiger partial charge on any atom is -0.469 e. The van der Waals surface area contributed by atoms with Crippen LogP contribution in [0.2, 0.25) is 0 Å². The van der Waals surface area contributed by atoms with E-state index in [0.29, 0.717) is 19.6 Å². The standard InChI is InChI=1S/C11H17NO3/c1-2-14-11(13)6-8-12-7-5-10-4-3-9-15-10/h3-4,9,12H,2,5-8H2,1H3. The van der Waals surface area contributed by atoms with Gasteiger partial charge in [0.2, 0.25) is 0 Å². The number of rotatable bonds is 7.